The number of nitrogens with one attached hydrogen (secondary N) is 2. The number of ether oxygens (including phenoxy) is 2. The second kappa shape index (κ2) is 14.1. The van der Waals surface area contributed by atoms with Gasteiger partial charge < -0.3 is 25.0 Å². The Morgan fingerprint density at radius 2 is 1.59 bits per heavy atom. The van der Waals surface area contributed by atoms with E-state index < -0.39 is 0 Å². The first-order valence-electron chi connectivity index (χ1n) is 11.3. The summed E-state index contributed by atoms with van der Waals surface area (Å²) in [7, 11) is 0. The lowest BCUT2D eigenvalue weighted by atomic mass is 10.2. The zero-order valence-electron chi connectivity index (χ0n) is 19.4. The van der Waals surface area contributed by atoms with Crippen molar-refractivity contribution in [2.75, 3.05) is 44.7 Å². The number of carbonyl (C=O) groups excluding carboxylic acids is 2. The Morgan fingerprint density at radius 3 is 2.31 bits per heavy atom. The van der Waals surface area contributed by atoms with E-state index in [9.17, 15) is 9.59 Å². The fraction of sp³-hybridized carbons (Fsp3) is 0.440. The van der Waals surface area contributed by atoms with Crippen molar-refractivity contribution in [2.24, 2.45) is 0 Å². The number of likely N-dealkylation sites (N-methyl/N-ethyl adjacent to an activating group) is 1. The maximum atomic E-state index is 12.4. The molecular weight excluding hydrogens is 406 g/mol. The largest absolute Gasteiger partial charge is 0.493 e. The summed E-state index contributed by atoms with van der Waals surface area (Å²) in [5.41, 5.74) is 1.15. The Morgan fingerprint density at radius 1 is 0.906 bits per heavy atom. The average Bonchev–Trinajstić information content (AvgIpc) is 2.81. The van der Waals surface area contributed by atoms with E-state index in [1.807, 2.05) is 37.3 Å². The number of anilines is 1. The summed E-state index contributed by atoms with van der Waals surface area (Å²) < 4.78 is 11.4. The molecule has 2 aromatic rings. The van der Waals surface area contributed by atoms with Crippen molar-refractivity contribution in [3.63, 3.8) is 0 Å². The van der Waals surface area contributed by atoms with Gasteiger partial charge in [-0.25, -0.2) is 0 Å². The number of para-hydroxylation sites is 3. The van der Waals surface area contributed by atoms with Crippen LogP contribution in [0.4, 0.5) is 5.69 Å². The van der Waals surface area contributed by atoms with Gasteiger partial charge in [-0.15, -0.1) is 0 Å². The number of hydrogen-bond donors (Lipinski definition) is 2. The van der Waals surface area contributed by atoms with Gasteiger partial charge in [0.25, 0.3) is 5.91 Å². The fourth-order valence-corrected chi connectivity index (χ4v) is 3.21. The van der Waals surface area contributed by atoms with Gasteiger partial charge in [0, 0.05) is 19.5 Å². The molecule has 32 heavy (non-hydrogen) atoms. The summed E-state index contributed by atoms with van der Waals surface area (Å²) in [5, 5.41) is 5.76. The molecule has 2 N–H and O–H groups in total. The number of benzene rings is 2. The molecule has 0 heterocycles. The van der Waals surface area contributed by atoms with Crippen molar-refractivity contribution in [2.45, 2.75) is 33.6 Å². The maximum absolute atomic E-state index is 12.4. The molecule has 0 aliphatic heterocycles. The first-order chi connectivity index (χ1) is 15.6. The maximum Gasteiger partial charge on any atom is 0.255 e. The van der Waals surface area contributed by atoms with E-state index in [1.54, 1.807) is 18.2 Å². The molecule has 0 atom stereocenters. The van der Waals surface area contributed by atoms with E-state index in [1.165, 1.54) is 0 Å². The molecule has 2 rings (SSSR count). The molecule has 0 aromatic heterocycles. The van der Waals surface area contributed by atoms with Gasteiger partial charge in [0.05, 0.1) is 17.9 Å². The molecular formula is C25H35N3O4. The van der Waals surface area contributed by atoms with Gasteiger partial charge in [-0.1, -0.05) is 38.1 Å². The minimum absolute atomic E-state index is 0.117. The van der Waals surface area contributed by atoms with Gasteiger partial charge >= 0.3 is 0 Å². The zero-order chi connectivity index (χ0) is 23.2. The summed E-state index contributed by atoms with van der Waals surface area (Å²) in [5.74, 6) is 0.895. The minimum atomic E-state index is -0.207. The Bertz CT molecular complexity index is 853. The van der Waals surface area contributed by atoms with Crippen LogP contribution < -0.4 is 20.1 Å². The highest BCUT2D eigenvalue weighted by atomic mass is 16.5. The highest BCUT2D eigenvalue weighted by Crippen LogP contribution is 2.24. The third-order valence-corrected chi connectivity index (χ3v) is 5.02. The molecule has 0 saturated heterocycles. The second-order valence-electron chi connectivity index (χ2n) is 7.21. The Hall–Kier alpha value is -3.06. The molecule has 174 valence electrons. The SMILES string of the molecule is CCOc1ccccc1C(=O)NCCCC(=O)Nc1ccccc1OCCN(CC)CC. The smallest absolute Gasteiger partial charge is 0.255 e. The van der Waals surface area contributed by atoms with Crippen molar-refractivity contribution in [1.82, 2.24) is 10.2 Å². The third-order valence-electron chi connectivity index (χ3n) is 5.02. The molecule has 0 radical (unpaired) electrons. The van der Waals surface area contributed by atoms with E-state index in [0.717, 1.165) is 19.6 Å². The van der Waals surface area contributed by atoms with Crippen LogP contribution >= 0.6 is 0 Å². The molecule has 7 nitrogen and oxygen atoms in total. The Kier molecular flexibility index (Phi) is 11.1. The summed E-state index contributed by atoms with van der Waals surface area (Å²) in [6.07, 6.45) is 0.820. The van der Waals surface area contributed by atoms with Crippen LogP contribution in [0.15, 0.2) is 48.5 Å². The van der Waals surface area contributed by atoms with Crippen molar-refractivity contribution in [1.29, 1.82) is 0 Å². The van der Waals surface area contributed by atoms with Gasteiger partial charge in [0.1, 0.15) is 18.1 Å². The van der Waals surface area contributed by atoms with E-state index >= 15 is 0 Å². The summed E-state index contributed by atoms with van der Waals surface area (Å²) in [4.78, 5) is 27.1. The molecule has 0 aliphatic carbocycles. The van der Waals surface area contributed by atoms with Gasteiger partial charge in [0.2, 0.25) is 5.91 Å². The lowest BCUT2D eigenvalue weighted by Gasteiger charge is -2.19. The van der Waals surface area contributed by atoms with Crippen LogP contribution in [0, 0.1) is 0 Å². The fourth-order valence-electron chi connectivity index (χ4n) is 3.21. The van der Waals surface area contributed by atoms with Crippen molar-refractivity contribution in [3.05, 3.63) is 54.1 Å². The van der Waals surface area contributed by atoms with E-state index in [-0.39, 0.29) is 11.8 Å². The molecule has 2 amide bonds. The normalized spacial score (nSPS) is 10.6. The van der Waals surface area contributed by atoms with Crippen LogP contribution in [-0.4, -0.2) is 56.1 Å². The Balaban J connectivity index is 1.77. The zero-order valence-corrected chi connectivity index (χ0v) is 19.4. The molecule has 0 fully saturated rings. The topological polar surface area (TPSA) is 79.9 Å². The van der Waals surface area contributed by atoms with Crippen LogP contribution in [0.1, 0.15) is 44.0 Å². The van der Waals surface area contributed by atoms with Crippen molar-refractivity contribution in [3.8, 4) is 11.5 Å². The van der Waals surface area contributed by atoms with Crippen LogP contribution in [0.3, 0.4) is 0 Å². The summed E-state index contributed by atoms with van der Waals surface area (Å²) in [6, 6.07) is 14.6. The van der Waals surface area contributed by atoms with E-state index in [0.29, 0.717) is 55.4 Å². The van der Waals surface area contributed by atoms with Crippen LogP contribution in [-0.2, 0) is 4.79 Å². The number of nitrogens with zero attached hydrogens (tertiary/aromatic N) is 1. The molecule has 0 spiro atoms. The second-order valence-corrected chi connectivity index (χ2v) is 7.21. The Labute approximate surface area is 191 Å². The molecule has 7 heteroatoms. The first-order valence-corrected chi connectivity index (χ1v) is 11.3. The molecule has 0 unspecified atom stereocenters. The number of carbonyl (C=O) groups is 2. The number of amides is 2. The molecule has 2 aromatic carbocycles. The average molecular weight is 442 g/mol. The lowest BCUT2D eigenvalue weighted by Crippen LogP contribution is -2.28. The van der Waals surface area contributed by atoms with Gasteiger partial charge in [0.15, 0.2) is 0 Å². The van der Waals surface area contributed by atoms with Gasteiger partial charge in [-0.05, 0) is 50.7 Å². The predicted octanol–water partition coefficient (Wildman–Crippen LogP) is 3.95. The summed E-state index contributed by atoms with van der Waals surface area (Å²) in [6.45, 7) is 10.4. The number of hydrogen-bond acceptors (Lipinski definition) is 5. The third kappa shape index (κ3) is 8.23. The van der Waals surface area contributed by atoms with Crippen molar-refractivity contribution < 1.29 is 19.1 Å². The van der Waals surface area contributed by atoms with Crippen LogP contribution in [0.25, 0.3) is 0 Å². The van der Waals surface area contributed by atoms with E-state index in [2.05, 4.69) is 29.4 Å². The summed E-state index contributed by atoms with van der Waals surface area (Å²) >= 11 is 0. The highest BCUT2D eigenvalue weighted by molar-refractivity contribution is 5.97. The predicted molar refractivity (Wildman–Crippen MR) is 128 cm³/mol. The molecule has 0 saturated carbocycles. The van der Waals surface area contributed by atoms with Crippen LogP contribution in [0.5, 0.6) is 11.5 Å². The number of rotatable bonds is 14. The first kappa shape index (κ1) is 25.2. The standard InChI is InChI=1S/C25H35N3O4/c1-4-28(5-2)18-19-32-23-15-10-8-13-21(23)27-24(29)16-11-17-26-25(30)20-12-7-9-14-22(20)31-6-3/h7-10,12-15H,4-6,11,16-19H2,1-3H3,(H,26,30)(H,27,29). The molecule has 0 aliphatic rings. The monoisotopic (exact) mass is 441 g/mol. The lowest BCUT2D eigenvalue weighted by molar-refractivity contribution is -0.116. The highest BCUT2D eigenvalue weighted by Gasteiger charge is 2.12. The van der Waals surface area contributed by atoms with Gasteiger partial charge in [-0.2, -0.15) is 0 Å². The van der Waals surface area contributed by atoms with Crippen LogP contribution in [0.2, 0.25) is 0 Å². The van der Waals surface area contributed by atoms with Gasteiger partial charge in [-0.3, -0.25) is 9.59 Å². The minimum Gasteiger partial charge on any atom is -0.493 e. The van der Waals surface area contributed by atoms with Crippen molar-refractivity contribution >= 4 is 17.5 Å². The quantitative estimate of drug-likeness (QED) is 0.434. The molecule has 0 bridgehead atoms. The van der Waals surface area contributed by atoms with E-state index in [4.69, 9.17) is 9.47 Å².